The van der Waals surface area contributed by atoms with Crippen molar-refractivity contribution in [2.75, 3.05) is 22.9 Å². The van der Waals surface area contributed by atoms with Gasteiger partial charge in [-0.05, 0) is 24.3 Å². The number of rotatable bonds is 4. The van der Waals surface area contributed by atoms with Gasteiger partial charge in [0.05, 0.1) is 43.7 Å². The SMILES string of the molecule is Nc1cc(Oc2ccccc2Cl)c(N)c2c1C(=O)c1c(N)cc(Oc3ccccc3Cl)c(N)c1C2=O. The van der Waals surface area contributed by atoms with E-state index < -0.39 is 11.6 Å². The average molecular weight is 521 g/mol. The van der Waals surface area contributed by atoms with Gasteiger partial charge >= 0.3 is 0 Å². The summed E-state index contributed by atoms with van der Waals surface area (Å²) in [6, 6.07) is 16.1. The first kappa shape index (κ1) is 23.3. The predicted octanol–water partition coefficient (Wildman–Crippen LogP) is 5.68. The van der Waals surface area contributed by atoms with E-state index in [1.54, 1.807) is 48.5 Å². The van der Waals surface area contributed by atoms with E-state index in [9.17, 15) is 9.59 Å². The molecule has 0 fully saturated rings. The summed E-state index contributed by atoms with van der Waals surface area (Å²) in [6.45, 7) is 0. The maximum absolute atomic E-state index is 13.8. The van der Waals surface area contributed by atoms with Crippen molar-refractivity contribution in [3.63, 3.8) is 0 Å². The van der Waals surface area contributed by atoms with Gasteiger partial charge in [0, 0.05) is 23.5 Å². The Balaban J connectivity index is 1.66. The van der Waals surface area contributed by atoms with E-state index in [0.717, 1.165) is 0 Å². The summed E-state index contributed by atoms with van der Waals surface area (Å²) >= 11 is 12.4. The summed E-state index contributed by atoms with van der Waals surface area (Å²) in [5.41, 5.74) is 24.4. The zero-order chi connectivity index (χ0) is 25.7. The number of anilines is 4. The maximum Gasteiger partial charge on any atom is 0.199 e. The molecule has 0 bridgehead atoms. The molecular formula is C26H18Cl2N4O4. The molecule has 0 aliphatic heterocycles. The summed E-state index contributed by atoms with van der Waals surface area (Å²) in [7, 11) is 0. The number of nitrogens with two attached hydrogens (primary N) is 4. The minimum atomic E-state index is -0.651. The molecule has 8 nitrogen and oxygen atoms in total. The molecule has 0 saturated carbocycles. The van der Waals surface area contributed by atoms with Crippen LogP contribution in [0, 0.1) is 0 Å². The van der Waals surface area contributed by atoms with Crippen molar-refractivity contribution in [3.05, 3.63) is 93.0 Å². The smallest absolute Gasteiger partial charge is 0.199 e. The Morgan fingerprint density at radius 1 is 0.528 bits per heavy atom. The number of ketones is 2. The van der Waals surface area contributed by atoms with Crippen molar-refractivity contribution in [3.8, 4) is 23.0 Å². The van der Waals surface area contributed by atoms with Crippen LogP contribution < -0.4 is 32.4 Å². The molecule has 0 spiro atoms. The second-order valence-electron chi connectivity index (χ2n) is 7.98. The quantitative estimate of drug-likeness (QED) is 0.220. The zero-order valence-corrected chi connectivity index (χ0v) is 20.0. The highest BCUT2D eigenvalue weighted by Gasteiger charge is 2.38. The number of hydrogen-bond donors (Lipinski definition) is 4. The molecule has 0 atom stereocenters. The molecule has 4 aromatic rings. The zero-order valence-electron chi connectivity index (χ0n) is 18.5. The molecule has 10 heteroatoms. The molecular weight excluding hydrogens is 503 g/mol. The van der Waals surface area contributed by atoms with Crippen LogP contribution in [0.1, 0.15) is 31.8 Å². The summed E-state index contributed by atoms with van der Waals surface area (Å²) in [5.74, 6) is -0.555. The predicted molar refractivity (Wildman–Crippen MR) is 140 cm³/mol. The van der Waals surface area contributed by atoms with E-state index in [4.69, 9.17) is 55.6 Å². The van der Waals surface area contributed by atoms with Crippen LogP contribution in [0.4, 0.5) is 22.7 Å². The second-order valence-corrected chi connectivity index (χ2v) is 8.79. The fourth-order valence-corrected chi connectivity index (χ4v) is 4.41. The van der Waals surface area contributed by atoms with Crippen molar-refractivity contribution in [1.29, 1.82) is 0 Å². The van der Waals surface area contributed by atoms with Crippen LogP contribution in [0.3, 0.4) is 0 Å². The van der Waals surface area contributed by atoms with Crippen molar-refractivity contribution >= 4 is 57.5 Å². The first-order valence-electron chi connectivity index (χ1n) is 10.6. The normalized spacial score (nSPS) is 12.2. The summed E-state index contributed by atoms with van der Waals surface area (Å²) in [6.07, 6.45) is 0. The van der Waals surface area contributed by atoms with Crippen LogP contribution in [-0.4, -0.2) is 11.6 Å². The van der Waals surface area contributed by atoms with Crippen LogP contribution in [-0.2, 0) is 0 Å². The third-order valence-corrected chi connectivity index (χ3v) is 6.37. The van der Waals surface area contributed by atoms with Crippen LogP contribution >= 0.6 is 23.2 Å². The molecule has 4 aromatic carbocycles. The van der Waals surface area contributed by atoms with Crippen LogP contribution in [0.25, 0.3) is 0 Å². The molecule has 0 amide bonds. The number of halogens is 2. The van der Waals surface area contributed by atoms with Gasteiger partial charge in [-0.1, -0.05) is 47.5 Å². The highest BCUT2D eigenvalue weighted by molar-refractivity contribution is 6.35. The molecule has 0 radical (unpaired) electrons. The Bertz CT molecular complexity index is 1490. The Hall–Kier alpha value is -4.40. The lowest BCUT2D eigenvalue weighted by molar-refractivity contribution is 0.0981. The van der Waals surface area contributed by atoms with E-state index in [1.807, 2.05) is 0 Å². The first-order chi connectivity index (χ1) is 17.2. The minimum absolute atomic E-state index is 0.0142. The highest BCUT2D eigenvalue weighted by atomic mass is 35.5. The van der Waals surface area contributed by atoms with Crippen LogP contribution in [0.5, 0.6) is 23.0 Å². The van der Waals surface area contributed by atoms with E-state index in [0.29, 0.717) is 21.5 Å². The second kappa shape index (κ2) is 8.67. The van der Waals surface area contributed by atoms with Gasteiger partial charge in [-0.25, -0.2) is 0 Å². The molecule has 180 valence electrons. The summed E-state index contributed by atoms with van der Waals surface area (Å²) in [4.78, 5) is 27.3. The number of ether oxygens (including phenoxy) is 2. The highest BCUT2D eigenvalue weighted by Crippen LogP contribution is 2.47. The first-order valence-corrected chi connectivity index (χ1v) is 11.3. The maximum atomic E-state index is 13.8. The standard InChI is InChI=1S/C26H18Cl2N4O4/c27-11-5-1-3-7-15(11)35-17-9-13(29)19-21(23(17)31)26(34)22-20(25(19)33)14(30)10-18(24(22)32)36-16-8-4-2-6-12(16)28/h1-10H,29-32H2. The van der Waals surface area contributed by atoms with Crippen molar-refractivity contribution < 1.29 is 19.1 Å². The number of carbonyl (C=O) groups is 2. The van der Waals surface area contributed by atoms with E-state index in [2.05, 4.69) is 0 Å². The van der Waals surface area contributed by atoms with Gasteiger partial charge in [-0.15, -0.1) is 0 Å². The van der Waals surface area contributed by atoms with Gasteiger partial charge in [-0.3, -0.25) is 9.59 Å². The molecule has 5 rings (SSSR count). The number of para-hydroxylation sites is 2. The fourth-order valence-electron chi connectivity index (χ4n) is 4.06. The number of benzene rings is 4. The van der Waals surface area contributed by atoms with Crippen molar-refractivity contribution in [1.82, 2.24) is 0 Å². The Labute approximate surface area is 215 Å². The Kier molecular flexibility index (Phi) is 5.62. The lowest BCUT2D eigenvalue weighted by Gasteiger charge is -2.25. The lowest BCUT2D eigenvalue weighted by Crippen LogP contribution is -2.26. The monoisotopic (exact) mass is 520 g/mol. The molecule has 0 aromatic heterocycles. The molecule has 1 aliphatic carbocycles. The molecule has 0 saturated heterocycles. The molecule has 0 unspecified atom stereocenters. The van der Waals surface area contributed by atoms with E-state index in [-0.39, 0.29) is 56.5 Å². The number of nitrogen functional groups attached to an aromatic ring is 4. The summed E-state index contributed by atoms with van der Waals surface area (Å²) in [5, 5.41) is 0.638. The van der Waals surface area contributed by atoms with E-state index in [1.165, 1.54) is 12.1 Å². The Morgan fingerprint density at radius 3 is 1.28 bits per heavy atom. The largest absolute Gasteiger partial charge is 0.454 e. The molecule has 8 N–H and O–H groups in total. The minimum Gasteiger partial charge on any atom is -0.454 e. The van der Waals surface area contributed by atoms with Gasteiger partial charge in [0.25, 0.3) is 0 Å². The van der Waals surface area contributed by atoms with Gasteiger partial charge in [-0.2, -0.15) is 0 Å². The fraction of sp³-hybridized carbons (Fsp3) is 0. The van der Waals surface area contributed by atoms with Gasteiger partial charge < -0.3 is 32.4 Å². The number of carbonyl (C=O) groups excluding carboxylic acids is 2. The van der Waals surface area contributed by atoms with Crippen LogP contribution in [0.2, 0.25) is 10.0 Å². The van der Waals surface area contributed by atoms with Crippen molar-refractivity contribution in [2.24, 2.45) is 0 Å². The lowest BCUT2D eigenvalue weighted by atomic mass is 9.80. The van der Waals surface area contributed by atoms with Gasteiger partial charge in [0.2, 0.25) is 0 Å². The third kappa shape index (κ3) is 3.64. The van der Waals surface area contributed by atoms with E-state index >= 15 is 0 Å². The number of hydrogen-bond acceptors (Lipinski definition) is 8. The van der Waals surface area contributed by atoms with Crippen LogP contribution in [0.15, 0.2) is 60.7 Å². The third-order valence-electron chi connectivity index (χ3n) is 5.74. The topological polar surface area (TPSA) is 157 Å². The molecule has 0 heterocycles. The molecule has 1 aliphatic rings. The van der Waals surface area contributed by atoms with Gasteiger partial charge in [0.15, 0.2) is 23.1 Å². The number of fused-ring (bicyclic) bond motifs is 2. The van der Waals surface area contributed by atoms with Gasteiger partial charge in [0.1, 0.15) is 11.5 Å². The average Bonchev–Trinajstić information content (AvgIpc) is 2.84. The molecule has 36 heavy (non-hydrogen) atoms. The Morgan fingerprint density at radius 2 is 0.889 bits per heavy atom. The summed E-state index contributed by atoms with van der Waals surface area (Å²) < 4.78 is 11.7. The van der Waals surface area contributed by atoms with Crippen molar-refractivity contribution in [2.45, 2.75) is 0 Å².